The maximum Gasteiger partial charge on any atom is 0.329 e. The molecule has 0 spiro atoms. The first kappa shape index (κ1) is 17.9. The number of furan rings is 1. The van der Waals surface area contributed by atoms with E-state index in [4.69, 9.17) is 24.1 Å². The van der Waals surface area contributed by atoms with Crippen LogP contribution in [0, 0.1) is 0 Å². The van der Waals surface area contributed by atoms with Crippen molar-refractivity contribution >= 4 is 11.9 Å². The summed E-state index contributed by atoms with van der Waals surface area (Å²) >= 11 is 0. The lowest BCUT2D eigenvalue weighted by Gasteiger charge is -2.43. The highest BCUT2D eigenvalue weighted by Crippen LogP contribution is 2.43. The number of aliphatic carboxylic acids is 1. The third-order valence-electron chi connectivity index (χ3n) is 5.27. The molecule has 0 aromatic carbocycles. The number of amides is 1. The Bertz CT molecular complexity index is 643. The van der Waals surface area contributed by atoms with Crippen molar-refractivity contribution in [1.29, 1.82) is 0 Å². The quantitative estimate of drug-likeness (QED) is 0.786. The summed E-state index contributed by atoms with van der Waals surface area (Å²) in [6, 6.07) is 2.94. The molecule has 1 aliphatic heterocycles. The van der Waals surface area contributed by atoms with E-state index in [0.717, 1.165) is 6.42 Å². The summed E-state index contributed by atoms with van der Waals surface area (Å²) in [5.74, 6) is -0.728. The van der Waals surface area contributed by atoms with Crippen LogP contribution in [0.4, 0.5) is 0 Å². The summed E-state index contributed by atoms with van der Waals surface area (Å²) in [4.78, 5) is 25.3. The lowest BCUT2D eigenvalue weighted by atomic mass is 9.79. The molecule has 1 amide bonds. The maximum atomic E-state index is 12.8. The topological polar surface area (TPSA) is 109 Å². The predicted octanol–water partition coefficient (Wildman–Crippen LogP) is 1.03. The van der Waals surface area contributed by atoms with Crippen LogP contribution in [-0.4, -0.2) is 65.0 Å². The van der Waals surface area contributed by atoms with E-state index in [1.54, 1.807) is 24.1 Å². The van der Waals surface area contributed by atoms with Gasteiger partial charge < -0.3 is 29.0 Å². The Hall–Kier alpha value is -1.90. The third kappa shape index (κ3) is 3.42. The Kier molecular flexibility index (Phi) is 5.12. The Morgan fingerprint density at radius 2 is 2.20 bits per heavy atom. The number of likely N-dealkylation sites (tertiary alicyclic amines) is 1. The molecule has 2 fully saturated rings. The van der Waals surface area contributed by atoms with Crippen LogP contribution in [0.5, 0.6) is 0 Å². The van der Waals surface area contributed by atoms with Crippen LogP contribution in [0.3, 0.4) is 0 Å². The Morgan fingerprint density at radius 1 is 1.40 bits per heavy atom. The van der Waals surface area contributed by atoms with E-state index in [2.05, 4.69) is 0 Å². The Balaban J connectivity index is 1.76. The predicted molar refractivity (Wildman–Crippen MR) is 85.0 cm³/mol. The summed E-state index contributed by atoms with van der Waals surface area (Å²) in [6.07, 6.45) is 2.44. The monoisotopic (exact) mass is 353 g/mol. The van der Waals surface area contributed by atoms with Crippen LogP contribution >= 0.6 is 0 Å². The molecule has 2 aliphatic rings. The van der Waals surface area contributed by atoms with Crippen molar-refractivity contribution in [2.45, 2.75) is 50.0 Å². The van der Waals surface area contributed by atoms with Crippen molar-refractivity contribution in [3.63, 3.8) is 0 Å². The van der Waals surface area contributed by atoms with Crippen LogP contribution < -0.4 is 0 Å². The molecule has 1 saturated heterocycles. The zero-order chi connectivity index (χ0) is 18.0. The molecular formula is C17H23NO7. The van der Waals surface area contributed by atoms with Gasteiger partial charge in [0.15, 0.2) is 5.76 Å². The van der Waals surface area contributed by atoms with Crippen molar-refractivity contribution < 1.29 is 33.7 Å². The average Bonchev–Trinajstić information content (AvgIpc) is 3.24. The summed E-state index contributed by atoms with van der Waals surface area (Å²) in [5, 5.41) is 17.9. The first-order chi connectivity index (χ1) is 12.0. The number of aliphatic hydroxyl groups is 1. The van der Waals surface area contributed by atoms with Crippen molar-refractivity contribution in [2.24, 2.45) is 0 Å². The average molecular weight is 353 g/mol. The number of carboxylic acid groups (broad SMARTS) is 1. The number of carbonyl (C=O) groups is 2. The van der Waals surface area contributed by atoms with E-state index in [0.29, 0.717) is 31.6 Å². The molecule has 25 heavy (non-hydrogen) atoms. The van der Waals surface area contributed by atoms with Crippen molar-refractivity contribution in [3.8, 4) is 0 Å². The molecule has 0 radical (unpaired) electrons. The smallest absolute Gasteiger partial charge is 0.329 e. The number of fused-ring (bicyclic) bond motifs is 1. The van der Waals surface area contributed by atoms with E-state index < -0.39 is 11.6 Å². The van der Waals surface area contributed by atoms with Crippen molar-refractivity contribution in [3.05, 3.63) is 23.7 Å². The second kappa shape index (κ2) is 7.15. The van der Waals surface area contributed by atoms with Gasteiger partial charge >= 0.3 is 5.97 Å². The van der Waals surface area contributed by atoms with Gasteiger partial charge in [0.1, 0.15) is 19.0 Å². The second-order valence-electron chi connectivity index (χ2n) is 6.56. The molecule has 2 N–H and O–H groups in total. The van der Waals surface area contributed by atoms with Gasteiger partial charge in [0.05, 0.1) is 17.7 Å². The summed E-state index contributed by atoms with van der Waals surface area (Å²) in [6.45, 7) is -0.0642. The number of nitrogens with zero attached hydrogens (tertiary/aromatic N) is 1. The summed E-state index contributed by atoms with van der Waals surface area (Å²) in [7, 11) is 1.65. The van der Waals surface area contributed by atoms with Gasteiger partial charge in [0.25, 0.3) is 5.91 Å². The van der Waals surface area contributed by atoms with Crippen LogP contribution in [-0.2, 0) is 20.9 Å². The van der Waals surface area contributed by atoms with Crippen LogP contribution in [0.25, 0.3) is 0 Å². The largest absolute Gasteiger partial charge is 0.480 e. The molecule has 138 valence electrons. The SMILES string of the molecule is CO[C@@]12CC[C@@H](OCC(=O)O)C[C@@H]1N(C(=O)c1ccc(CO)o1)CC2. The maximum absolute atomic E-state index is 12.8. The fourth-order valence-corrected chi connectivity index (χ4v) is 3.97. The summed E-state index contributed by atoms with van der Waals surface area (Å²) < 4.78 is 16.6. The van der Waals surface area contributed by atoms with Gasteiger partial charge in [0, 0.05) is 13.7 Å². The van der Waals surface area contributed by atoms with Crippen molar-refractivity contribution in [2.75, 3.05) is 20.3 Å². The lowest BCUT2D eigenvalue weighted by molar-refractivity contribution is -0.148. The van der Waals surface area contributed by atoms with Gasteiger partial charge in [0.2, 0.25) is 0 Å². The highest BCUT2D eigenvalue weighted by Gasteiger charge is 2.53. The fourth-order valence-electron chi connectivity index (χ4n) is 3.97. The van der Waals surface area contributed by atoms with Gasteiger partial charge in [-0.25, -0.2) is 4.79 Å². The number of ether oxygens (including phenoxy) is 2. The molecule has 3 rings (SSSR count). The molecule has 0 unspecified atom stereocenters. The molecule has 1 saturated carbocycles. The first-order valence-electron chi connectivity index (χ1n) is 8.38. The van der Waals surface area contributed by atoms with Gasteiger partial charge in [-0.1, -0.05) is 0 Å². The zero-order valence-corrected chi connectivity index (χ0v) is 14.1. The number of carbonyl (C=O) groups excluding carboxylic acids is 1. The Morgan fingerprint density at radius 3 is 2.84 bits per heavy atom. The third-order valence-corrected chi connectivity index (χ3v) is 5.27. The number of hydrogen-bond acceptors (Lipinski definition) is 6. The molecule has 8 heteroatoms. The molecule has 1 aromatic heterocycles. The van der Waals surface area contributed by atoms with Gasteiger partial charge in [-0.15, -0.1) is 0 Å². The molecular weight excluding hydrogens is 330 g/mol. The minimum absolute atomic E-state index is 0.185. The standard InChI is InChI=1S/C17H23NO7/c1-23-17-5-4-11(24-10-15(20)21)8-14(17)18(7-6-17)16(22)13-3-2-12(9-19)25-13/h2-3,11,14,19H,4-10H2,1H3,(H,20,21)/t11-,14+,17-/m1/s1. The minimum atomic E-state index is -1.00. The number of aliphatic hydroxyl groups excluding tert-OH is 1. The number of methoxy groups -OCH3 is 1. The highest BCUT2D eigenvalue weighted by molar-refractivity contribution is 5.92. The minimum Gasteiger partial charge on any atom is -0.480 e. The van der Waals surface area contributed by atoms with Crippen LogP contribution in [0.1, 0.15) is 42.0 Å². The lowest BCUT2D eigenvalue weighted by Crippen LogP contribution is -2.53. The second-order valence-corrected chi connectivity index (χ2v) is 6.56. The van der Waals surface area contributed by atoms with E-state index >= 15 is 0 Å². The van der Waals surface area contributed by atoms with E-state index in [1.807, 2.05) is 0 Å². The van der Waals surface area contributed by atoms with Crippen LogP contribution in [0.15, 0.2) is 16.5 Å². The van der Waals surface area contributed by atoms with Crippen LogP contribution in [0.2, 0.25) is 0 Å². The zero-order valence-electron chi connectivity index (χ0n) is 14.1. The number of hydrogen-bond donors (Lipinski definition) is 2. The van der Waals surface area contributed by atoms with E-state index in [9.17, 15) is 9.59 Å². The van der Waals surface area contributed by atoms with Gasteiger partial charge in [-0.3, -0.25) is 4.79 Å². The Labute approximate surface area is 145 Å². The number of carboxylic acids is 1. The molecule has 0 bridgehead atoms. The molecule has 2 heterocycles. The summed E-state index contributed by atoms with van der Waals surface area (Å²) in [5.41, 5.74) is -0.425. The molecule has 8 nitrogen and oxygen atoms in total. The van der Waals surface area contributed by atoms with Gasteiger partial charge in [-0.05, 0) is 37.8 Å². The molecule has 3 atom stereocenters. The molecule has 1 aromatic rings. The van der Waals surface area contributed by atoms with Crippen molar-refractivity contribution in [1.82, 2.24) is 4.90 Å². The van der Waals surface area contributed by atoms with Gasteiger partial charge in [-0.2, -0.15) is 0 Å². The highest BCUT2D eigenvalue weighted by atomic mass is 16.5. The molecule has 1 aliphatic carbocycles. The fraction of sp³-hybridized carbons (Fsp3) is 0.647. The normalized spacial score (nSPS) is 28.8. The first-order valence-corrected chi connectivity index (χ1v) is 8.38. The van der Waals surface area contributed by atoms with E-state index in [1.165, 1.54) is 0 Å². The van der Waals surface area contributed by atoms with E-state index in [-0.39, 0.29) is 37.0 Å². The number of rotatable bonds is 6.